The van der Waals surface area contributed by atoms with Crippen LogP contribution in [0.25, 0.3) is 0 Å². The third-order valence-corrected chi connectivity index (χ3v) is 5.59. The number of hydrogen-bond acceptors (Lipinski definition) is 3. The van der Waals surface area contributed by atoms with Crippen molar-refractivity contribution < 1.29 is 9.59 Å². The number of thioether (sulfide) groups is 1. The Balaban J connectivity index is 1.53. The van der Waals surface area contributed by atoms with Crippen LogP contribution in [0.15, 0.2) is 77.7 Å². The molecule has 0 fully saturated rings. The van der Waals surface area contributed by atoms with Crippen molar-refractivity contribution >= 4 is 40.8 Å². The van der Waals surface area contributed by atoms with Crippen LogP contribution in [0.1, 0.15) is 18.1 Å². The molecule has 3 rings (SSSR count). The first kappa shape index (κ1) is 21.5. The van der Waals surface area contributed by atoms with Crippen molar-refractivity contribution in [2.24, 2.45) is 0 Å². The van der Waals surface area contributed by atoms with Crippen LogP contribution in [0.4, 0.5) is 21.9 Å². The molecule has 5 nitrogen and oxygen atoms in total. The Labute approximate surface area is 181 Å². The normalized spacial score (nSPS) is 11.4. The number of hydrogen-bond donors (Lipinski definition) is 3. The van der Waals surface area contributed by atoms with E-state index in [0.717, 1.165) is 27.4 Å². The Hall–Kier alpha value is -3.25. The number of aryl methyl sites for hydroxylation is 2. The van der Waals surface area contributed by atoms with Crippen molar-refractivity contribution in [3.05, 3.63) is 83.9 Å². The standard InChI is InChI=1S/C24H25N3O2S/c1-16-9-10-17(2)22(15-16)27-23(28)18(3)30-21-13-11-20(12-14-21)26-24(29)25-19-7-5-4-6-8-19/h4-15,18H,1-3H3,(H,27,28)(H2,25,26,29). The highest BCUT2D eigenvalue weighted by Crippen LogP contribution is 2.26. The van der Waals surface area contributed by atoms with E-state index in [2.05, 4.69) is 16.0 Å². The maximum atomic E-state index is 12.6. The van der Waals surface area contributed by atoms with E-state index in [1.807, 2.05) is 93.6 Å². The van der Waals surface area contributed by atoms with E-state index >= 15 is 0 Å². The van der Waals surface area contributed by atoms with Gasteiger partial charge in [0.1, 0.15) is 0 Å². The monoisotopic (exact) mass is 419 g/mol. The summed E-state index contributed by atoms with van der Waals surface area (Å²) in [5.41, 5.74) is 4.40. The van der Waals surface area contributed by atoms with E-state index < -0.39 is 0 Å². The summed E-state index contributed by atoms with van der Waals surface area (Å²) < 4.78 is 0. The average molecular weight is 420 g/mol. The quantitative estimate of drug-likeness (QED) is 0.425. The molecular formula is C24H25N3O2S. The second-order valence-electron chi connectivity index (χ2n) is 7.04. The predicted octanol–water partition coefficient (Wildman–Crippen LogP) is 6.07. The number of para-hydroxylation sites is 1. The number of benzene rings is 3. The molecule has 0 saturated heterocycles. The maximum Gasteiger partial charge on any atom is 0.323 e. The molecule has 0 radical (unpaired) electrons. The first-order chi connectivity index (χ1) is 14.4. The Morgan fingerprint density at radius 1 is 0.800 bits per heavy atom. The van der Waals surface area contributed by atoms with Crippen molar-refractivity contribution in [3.8, 4) is 0 Å². The van der Waals surface area contributed by atoms with E-state index in [-0.39, 0.29) is 17.2 Å². The minimum Gasteiger partial charge on any atom is -0.325 e. The molecule has 3 amide bonds. The molecule has 1 unspecified atom stereocenters. The Bertz CT molecular complexity index is 1020. The second kappa shape index (κ2) is 9.98. The lowest BCUT2D eigenvalue weighted by Crippen LogP contribution is -2.22. The molecule has 1 atom stereocenters. The van der Waals surface area contributed by atoms with Crippen molar-refractivity contribution in [1.82, 2.24) is 0 Å². The molecule has 0 aromatic heterocycles. The highest BCUT2D eigenvalue weighted by molar-refractivity contribution is 8.00. The average Bonchev–Trinajstić information content (AvgIpc) is 2.72. The fraction of sp³-hybridized carbons (Fsp3) is 0.167. The van der Waals surface area contributed by atoms with Crippen LogP contribution in [-0.4, -0.2) is 17.2 Å². The molecule has 154 valence electrons. The van der Waals surface area contributed by atoms with Gasteiger partial charge in [0, 0.05) is 22.0 Å². The van der Waals surface area contributed by atoms with Gasteiger partial charge in [0.15, 0.2) is 0 Å². The molecular weight excluding hydrogens is 394 g/mol. The highest BCUT2D eigenvalue weighted by atomic mass is 32.2. The molecule has 0 aliphatic rings. The van der Waals surface area contributed by atoms with Crippen LogP contribution >= 0.6 is 11.8 Å². The van der Waals surface area contributed by atoms with Crippen LogP contribution in [0, 0.1) is 13.8 Å². The van der Waals surface area contributed by atoms with E-state index in [9.17, 15) is 9.59 Å². The SMILES string of the molecule is Cc1ccc(C)c(NC(=O)C(C)Sc2ccc(NC(=O)Nc3ccccc3)cc2)c1. The van der Waals surface area contributed by atoms with Gasteiger partial charge in [0.05, 0.1) is 5.25 Å². The molecule has 30 heavy (non-hydrogen) atoms. The summed E-state index contributed by atoms with van der Waals surface area (Å²) in [4.78, 5) is 25.6. The lowest BCUT2D eigenvalue weighted by atomic mass is 10.1. The number of rotatable bonds is 6. The van der Waals surface area contributed by atoms with Crippen molar-refractivity contribution in [1.29, 1.82) is 0 Å². The zero-order valence-electron chi connectivity index (χ0n) is 17.2. The Kier molecular flexibility index (Phi) is 7.14. The largest absolute Gasteiger partial charge is 0.325 e. The molecule has 0 aliphatic heterocycles. The van der Waals surface area contributed by atoms with E-state index in [4.69, 9.17) is 0 Å². The van der Waals surface area contributed by atoms with Gasteiger partial charge in [-0.1, -0.05) is 30.3 Å². The van der Waals surface area contributed by atoms with Crippen LogP contribution in [0.3, 0.4) is 0 Å². The fourth-order valence-electron chi connectivity index (χ4n) is 2.79. The lowest BCUT2D eigenvalue weighted by molar-refractivity contribution is -0.115. The topological polar surface area (TPSA) is 70.2 Å². The lowest BCUT2D eigenvalue weighted by Gasteiger charge is -2.14. The summed E-state index contributed by atoms with van der Waals surface area (Å²) in [5, 5.41) is 8.32. The summed E-state index contributed by atoms with van der Waals surface area (Å²) >= 11 is 1.47. The number of amides is 3. The summed E-state index contributed by atoms with van der Waals surface area (Å²) in [6.45, 7) is 5.86. The molecule has 0 saturated carbocycles. The van der Waals surface area contributed by atoms with Crippen molar-refractivity contribution in [2.45, 2.75) is 30.9 Å². The number of urea groups is 1. The summed E-state index contributed by atoms with van der Waals surface area (Å²) in [5.74, 6) is -0.0434. The zero-order chi connectivity index (χ0) is 21.5. The second-order valence-corrected chi connectivity index (χ2v) is 8.45. The molecule has 6 heteroatoms. The fourth-order valence-corrected chi connectivity index (χ4v) is 3.66. The van der Waals surface area contributed by atoms with E-state index in [0.29, 0.717) is 5.69 Å². The minimum atomic E-state index is -0.303. The van der Waals surface area contributed by atoms with Gasteiger partial charge in [0.2, 0.25) is 5.91 Å². The molecule has 3 aromatic carbocycles. The molecule has 3 aromatic rings. The third-order valence-electron chi connectivity index (χ3n) is 4.48. The molecule has 0 bridgehead atoms. The summed E-state index contributed by atoms with van der Waals surface area (Å²) in [6.07, 6.45) is 0. The van der Waals surface area contributed by atoms with Gasteiger partial charge in [-0.05, 0) is 74.4 Å². The van der Waals surface area contributed by atoms with Crippen LogP contribution in [-0.2, 0) is 4.79 Å². The van der Waals surface area contributed by atoms with Crippen LogP contribution < -0.4 is 16.0 Å². The van der Waals surface area contributed by atoms with Gasteiger partial charge in [-0.2, -0.15) is 0 Å². The van der Waals surface area contributed by atoms with Crippen molar-refractivity contribution in [2.75, 3.05) is 16.0 Å². The predicted molar refractivity (Wildman–Crippen MR) is 125 cm³/mol. The molecule has 0 spiro atoms. The highest BCUT2D eigenvalue weighted by Gasteiger charge is 2.15. The van der Waals surface area contributed by atoms with Gasteiger partial charge < -0.3 is 16.0 Å². The van der Waals surface area contributed by atoms with Crippen molar-refractivity contribution in [3.63, 3.8) is 0 Å². The van der Waals surface area contributed by atoms with Crippen LogP contribution in [0.2, 0.25) is 0 Å². The smallest absolute Gasteiger partial charge is 0.323 e. The first-order valence-corrected chi connectivity index (χ1v) is 10.6. The summed E-state index contributed by atoms with van der Waals surface area (Å²) in [7, 11) is 0. The minimum absolute atomic E-state index is 0.0434. The van der Waals surface area contributed by atoms with Gasteiger partial charge >= 0.3 is 6.03 Å². The maximum absolute atomic E-state index is 12.6. The Morgan fingerprint density at radius 3 is 2.10 bits per heavy atom. The van der Waals surface area contributed by atoms with Gasteiger partial charge in [-0.15, -0.1) is 11.8 Å². The first-order valence-electron chi connectivity index (χ1n) is 9.68. The van der Waals surface area contributed by atoms with Crippen LogP contribution in [0.5, 0.6) is 0 Å². The van der Waals surface area contributed by atoms with Gasteiger partial charge in [-0.25, -0.2) is 4.79 Å². The Morgan fingerprint density at radius 2 is 1.43 bits per heavy atom. The molecule has 3 N–H and O–H groups in total. The van der Waals surface area contributed by atoms with E-state index in [1.165, 1.54) is 11.8 Å². The third kappa shape index (κ3) is 6.12. The number of anilines is 3. The van der Waals surface area contributed by atoms with E-state index in [1.54, 1.807) is 0 Å². The molecule has 0 aliphatic carbocycles. The van der Waals surface area contributed by atoms with Gasteiger partial charge in [0.25, 0.3) is 0 Å². The summed E-state index contributed by atoms with van der Waals surface area (Å²) in [6, 6.07) is 22.4. The molecule has 0 heterocycles. The number of carbonyl (C=O) groups excluding carboxylic acids is 2. The number of carbonyl (C=O) groups is 2. The van der Waals surface area contributed by atoms with Gasteiger partial charge in [-0.3, -0.25) is 4.79 Å². The number of nitrogens with one attached hydrogen (secondary N) is 3. The zero-order valence-corrected chi connectivity index (χ0v) is 18.0.